The number of anilines is 2. The van der Waals surface area contributed by atoms with Crippen LogP contribution in [0.15, 0.2) is 62.8 Å². The summed E-state index contributed by atoms with van der Waals surface area (Å²) in [6, 6.07) is 9.15. The molecule has 0 aliphatic rings. The van der Waals surface area contributed by atoms with Crippen molar-refractivity contribution in [2.75, 3.05) is 9.44 Å². The Morgan fingerprint density at radius 2 is 1.56 bits per heavy atom. The predicted octanol–water partition coefficient (Wildman–Crippen LogP) is 4.90. The van der Waals surface area contributed by atoms with Gasteiger partial charge in [-0.15, -0.1) is 0 Å². The van der Waals surface area contributed by atoms with Gasteiger partial charge in [-0.25, -0.2) is 21.2 Å². The molecule has 0 heterocycles. The van der Waals surface area contributed by atoms with Crippen molar-refractivity contribution >= 4 is 76.5 Å². The van der Waals surface area contributed by atoms with Gasteiger partial charge in [0.15, 0.2) is 0 Å². The van der Waals surface area contributed by atoms with Crippen LogP contribution in [0.1, 0.15) is 15.9 Å². The molecule has 3 aromatic rings. The number of carbonyl (C=O) groups is 1. The van der Waals surface area contributed by atoms with E-state index in [0.29, 0.717) is 0 Å². The number of carbonyl (C=O) groups excluding carboxylic acids is 1. The molecule has 34 heavy (non-hydrogen) atoms. The molecule has 1 amide bonds. The number of rotatable bonds is 7. The highest BCUT2D eigenvalue weighted by molar-refractivity contribution is 9.10. The molecule has 4 N–H and O–H groups in total. The first kappa shape index (κ1) is 26.2. The molecule has 0 unspecified atom stereocenters. The number of amides is 1. The van der Waals surface area contributed by atoms with Crippen LogP contribution in [0.2, 0.25) is 10.0 Å². The lowest BCUT2D eigenvalue weighted by Crippen LogP contribution is -2.21. The maximum absolute atomic E-state index is 13.7. The summed E-state index contributed by atoms with van der Waals surface area (Å²) in [5, 5.41) is 0.168. The van der Waals surface area contributed by atoms with Crippen LogP contribution in [0.3, 0.4) is 0 Å². The van der Waals surface area contributed by atoms with E-state index >= 15 is 0 Å². The highest BCUT2D eigenvalue weighted by Gasteiger charge is 2.24. The molecule has 0 bridgehead atoms. The van der Waals surface area contributed by atoms with Crippen molar-refractivity contribution in [2.24, 2.45) is 5.73 Å². The van der Waals surface area contributed by atoms with Gasteiger partial charge in [0.2, 0.25) is 5.91 Å². The summed E-state index contributed by atoms with van der Waals surface area (Å²) in [4.78, 5) is 11.3. The van der Waals surface area contributed by atoms with Gasteiger partial charge in [-0.3, -0.25) is 14.2 Å². The van der Waals surface area contributed by atoms with E-state index in [-0.39, 0.29) is 36.4 Å². The van der Waals surface area contributed by atoms with Gasteiger partial charge in [-0.2, -0.15) is 0 Å². The zero-order valence-corrected chi connectivity index (χ0v) is 21.8. The molecule has 0 atom stereocenters. The molecule has 0 fully saturated rings. The minimum atomic E-state index is -4.37. The number of nitrogens with two attached hydrogens (primary N) is 1. The Kier molecular flexibility index (Phi) is 7.48. The number of hydrogen-bond donors (Lipinski definition) is 3. The topological polar surface area (TPSA) is 135 Å². The van der Waals surface area contributed by atoms with Gasteiger partial charge in [-0.05, 0) is 76.9 Å². The first-order chi connectivity index (χ1) is 15.7. The van der Waals surface area contributed by atoms with Crippen LogP contribution in [0.4, 0.5) is 15.8 Å². The molecule has 8 nitrogen and oxygen atoms in total. The Balaban J connectivity index is 2.00. The predicted molar refractivity (Wildman–Crippen MR) is 132 cm³/mol. The lowest BCUT2D eigenvalue weighted by Gasteiger charge is -2.15. The van der Waals surface area contributed by atoms with Crippen LogP contribution in [0, 0.1) is 12.7 Å². The van der Waals surface area contributed by atoms with Crippen molar-refractivity contribution in [1.29, 1.82) is 0 Å². The average Bonchev–Trinajstić information content (AvgIpc) is 2.70. The van der Waals surface area contributed by atoms with E-state index < -0.39 is 42.2 Å². The van der Waals surface area contributed by atoms with Crippen LogP contribution in [0.5, 0.6) is 0 Å². The van der Waals surface area contributed by atoms with Gasteiger partial charge >= 0.3 is 0 Å². The molecule has 3 aromatic carbocycles. The van der Waals surface area contributed by atoms with E-state index in [4.69, 9.17) is 28.9 Å². The molecular formula is C20H15BrCl2FN3O5S2. The fourth-order valence-electron chi connectivity index (χ4n) is 2.87. The Bertz CT molecular complexity index is 1510. The van der Waals surface area contributed by atoms with Gasteiger partial charge in [0.1, 0.15) is 10.7 Å². The van der Waals surface area contributed by atoms with E-state index in [0.717, 1.165) is 36.4 Å². The lowest BCUT2D eigenvalue weighted by molar-refractivity contribution is 0.0997. The van der Waals surface area contributed by atoms with Gasteiger partial charge in [0.25, 0.3) is 20.0 Å². The molecule has 0 saturated carbocycles. The zero-order chi connectivity index (χ0) is 25.4. The third kappa shape index (κ3) is 5.81. The summed E-state index contributed by atoms with van der Waals surface area (Å²) in [7, 11) is -8.56. The summed E-state index contributed by atoms with van der Waals surface area (Å²) < 4.78 is 69.5. The van der Waals surface area contributed by atoms with Crippen molar-refractivity contribution in [2.45, 2.75) is 16.7 Å². The number of nitrogens with one attached hydrogen (secondary N) is 2. The standard InChI is InChI=1S/C20H15BrCl2FN3O5S2/c1-10-4-17(24)16(21)9-18(10)27-34(31,32)19-3-2-13(8-15(19)20(25)28)26-33(29,30)14-6-11(22)5-12(23)7-14/h2-9,26-27H,1H3,(H2,25,28). The maximum atomic E-state index is 13.7. The second kappa shape index (κ2) is 9.70. The Labute approximate surface area is 213 Å². The Morgan fingerprint density at radius 3 is 2.15 bits per heavy atom. The second-order valence-corrected chi connectivity index (χ2v) is 12.0. The lowest BCUT2D eigenvalue weighted by atomic mass is 10.2. The second-order valence-electron chi connectivity index (χ2n) is 6.97. The molecule has 0 spiro atoms. The first-order valence-corrected chi connectivity index (χ1v) is 13.6. The highest BCUT2D eigenvalue weighted by atomic mass is 79.9. The monoisotopic (exact) mass is 609 g/mol. The number of sulfonamides is 2. The van der Waals surface area contributed by atoms with Gasteiger partial charge < -0.3 is 5.73 Å². The van der Waals surface area contributed by atoms with E-state index in [9.17, 15) is 26.0 Å². The Morgan fingerprint density at radius 1 is 0.941 bits per heavy atom. The molecule has 14 heteroatoms. The molecule has 0 aromatic heterocycles. The molecule has 0 saturated heterocycles. The van der Waals surface area contributed by atoms with Crippen molar-refractivity contribution in [1.82, 2.24) is 0 Å². The summed E-state index contributed by atoms with van der Waals surface area (Å²) >= 11 is 14.7. The smallest absolute Gasteiger partial charge is 0.262 e. The van der Waals surface area contributed by atoms with Crippen molar-refractivity contribution in [3.05, 3.63) is 80.0 Å². The SMILES string of the molecule is Cc1cc(F)c(Br)cc1NS(=O)(=O)c1ccc(NS(=O)(=O)c2cc(Cl)cc(Cl)c2)cc1C(N)=O. The van der Waals surface area contributed by atoms with Crippen LogP contribution in [0.25, 0.3) is 0 Å². The quantitative estimate of drug-likeness (QED) is 0.349. The van der Waals surface area contributed by atoms with Crippen LogP contribution in [-0.4, -0.2) is 22.7 Å². The largest absolute Gasteiger partial charge is 0.366 e. The number of benzene rings is 3. The van der Waals surface area contributed by atoms with Gasteiger partial charge in [0, 0.05) is 15.7 Å². The van der Waals surface area contributed by atoms with Crippen LogP contribution >= 0.6 is 39.1 Å². The van der Waals surface area contributed by atoms with E-state index in [1.54, 1.807) is 0 Å². The van der Waals surface area contributed by atoms with Crippen molar-refractivity contribution < 1.29 is 26.0 Å². The van der Waals surface area contributed by atoms with Crippen LogP contribution < -0.4 is 15.2 Å². The minimum Gasteiger partial charge on any atom is -0.366 e. The van der Waals surface area contributed by atoms with E-state index in [1.165, 1.54) is 19.1 Å². The molecule has 0 aliphatic carbocycles. The molecular weight excluding hydrogens is 596 g/mol. The maximum Gasteiger partial charge on any atom is 0.262 e. The number of primary amides is 1. The molecule has 0 aliphatic heterocycles. The first-order valence-electron chi connectivity index (χ1n) is 9.11. The van der Waals surface area contributed by atoms with Crippen molar-refractivity contribution in [3.63, 3.8) is 0 Å². The summed E-state index contributed by atoms with van der Waals surface area (Å²) in [6.07, 6.45) is 0. The molecule has 0 radical (unpaired) electrons. The molecule has 180 valence electrons. The van der Waals surface area contributed by atoms with Crippen molar-refractivity contribution in [3.8, 4) is 0 Å². The third-order valence-corrected chi connectivity index (χ3v) is 8.27. The minimum absolute atomic E-state index is 0.0248. The fraction of sp³-hybridized carbons (Fsp3) is 0.0500. The highest BCUT2D eigenvalue weighted by Crippen LogP contribution is 2.29. The Hall–Kier alpha value is -2.38. The molecule has 3 rings (SSSR count). The van der Waals surface area contributed by atoms with E-state index in [1.807, 2.05) is 0 Å². The summed E-state index contributed by atoms with van der Waals surface area (Å²) in [6.45, 7) is 1.49. The number of halogens is 4. The van der Waals surface area contributed by atoms with Crippen LogP contribution in [-0.2, 0) is 20.0 Å². The number of aryl methyl sites for hydroxylation is 1. The number of hydrogen-bond acceptors (Lipinski definition) is 5. The average molecular weight is 611 g/mol. The summed E-state index contributed by atoms with van der Waals surface area (Å²) in [5.74, 6) is -1.71. The third-order valence-electron chi connectivity index (χ3n) is 4.44. The van der Waals surface area contributed by atoms with Gasteiger partial charge in [-0.1, -0.05) is 23.2 Å². The van der Waals surface area contributed by atoms with Gasteiger partial charge in [0.05, 0.1) is 20.6 Å². The zero-order valence-electron chi connectivity index (χ0n) is 17.1. The summed E-state index contributed by atoms with van der Waals surface area (Å²) in [5.41, 5.74) is 5.10. The fourth-order valence-corrected chi connectivity index (χ4v) is 6.31. The van der Waals surface area contributed by atoms with E-state index in [2.05, 4.69) is 25.4 Å². The normalized spacial score (nSPS) is 11.8.